The Kier molecular flexibility index (Phi) is 7.49. The van der Waals surface area contributed by atoms with E-state index in [-0.39, 0.29) is 17.9 Å². The van der Waals surface area contributed by atoms with Crippen LogP contribution in [0.15, 0.2) is 54.7 Å². The second kappa shape index (κ2) is 10.7. The van der Waals surface area contributed by atoms with Gasteiger partial charge in [-0.15, -0.1) is 0 Å². The van der Waals surface area contributed by atoms with Crippen LogP contribution in [0.3, 0.4) is 0 Å². The average Bonchev–Trinajstić information content (AvgIpc) is 3.26. The summed E-state index contributed by atoms with van der Waals surface area (Å²) < 4.78 is 0. The molecular formula is C26H34N6O2. The van der Waals surface area contributed by atoms with Gasteiger partial charge in [0, 0.05) is 61.4 Å². The summed E-state index contributed by atoms with van der Waals surface area (Å²) in [4.78, 5) is 33.8. The maximum absolute atomic E-state index is 13.6. The van der Waals surface area contributed by atoms with Crippen molar-refractivity contribution in [3.8, 4) is 0 Å². The molecule has 2 atom stereocenters. The van der Waals surface area contributed by atoms with E-state index in [4.69, 9.17) is 0 Å². The number of aromatic amines is 1. The molecule has 1 aromatic heterocycles. The topological polar surface area (TPSA) is 92.5 Å². The summed E-state index contributed by atoms with van der Waals surface area (Å²) in [6.45, 7) is 5.50. The van der Waals surface area contributed by atoms with Crippen LogP contribution in [0.1, 0.15) is 24.0 Å². The van der Waals surface area contributed by atoms with Gasteiger partial charge in [-0.05, 0) is 43.4 Å². The lowest BCUT2D eigenvalue weighted by Crippen LogP contribution is -2.55. The molecule has 8 heteroatoms. The zero-order valence-corrected chi connectivity index (χ0v) is 20.1. The van der Waals surface area contributed by atoms with Gasteiger partial charge in [0.25, 0.3) is 0 Å². The lowest BCUT2D eigenvalue weighted by atomic mass is 9.92. The molecule has 2 heterocycles. The number of aromatic nitrogens is 1. The van der Waals surface area contributed by atoms with E-state index in [2.05, 4.69) is 25.8 Å². The van der Waals surface area contributed by atoms with Crippen molar-refractivity contribution < 1.29 is 9.59 Å². The minimum atomic E-state index is -0.737. The standard InChI is InChI=1S/C26H34N6O2/c1-18(22-16-28-23-10-5-4-9-21(22)23)24(30-26(34)32-13-11-27-12-14-32)25(33)29-20-8-6-7-19(15-20)17-31(2)3/h4-10,15-16,18,24,27-28H,11-14,17H2,1-3H3,(H,29,33)(H,30,34). The van der Waals surface area contributed by atoms with Crippen molar-refractivity contribution in [3.05, 3.63) is 65.9 Å². The summed E-state index contributed by atoms with van der Waals surface area (Å²) in [5.74, 6) is -0.476. The molecule has 3 amide bonds. The van der Waals surface area contributed by atoms with E-state index in [1.54, 1.807) is 4.90 Å². The number of rotatable bonds is 7. The highest BCUT2D eigenvalue weighted by molar-refractivity contribution is 5.98. The Morgan fingerprint density at radius 3 is 2.62 bits per heavy atom. The summed E-state index contributed by atoms with van der Waals surface area (Å²) in [6.07, 6.45) is 1.93. The van der Waals surface area contributed by atoms with Crippen LogP contribution in [0.4, 0.5) is 10.5 Å². The third kappa shape index (κ3) is 5.58. The van der Waals surface area contributed by atoms with Crippen molar-refractivity contribution in [1.29, 1.82) is 0 Å². The summed E-state index contributed by atoms with van der Waals surface area (Å²) in [5, 5.41) is 10.4. The molecule has 4 N–H and O–H groups in total. The molecule has 1 saturated heterocycles. The molecule has 0 radical (unpaired) electrons. The molecule has 2 aromatic carbocycles. The van der Waals surface area contributed by atoms with Crippen LogP contribution in [0.5, 0.6) is 0 Å². The number of benzene rings is 2. The summed E-state index contributed by atoms with van der Waals surface area (Å²) >= 11 is 0. The third-order valence-corrected chi connectivity index (χ3v) is 6.27. The van der Waals surface area contributed by atoms with Gasteiger partial charge in [-0.1, -0.05) is 37.3 Å². The first kappa shape index (κ1) is 23.8. The van der Waals surface area contributed by atoms with Crippen LogP contribution in [0.25, 0.3) is 10.9 Å². The van der Waals surface area contributed by atoms with Crippen LogP contribution >= 0.6 is 0 Å². The van der Waals surface area contributed by atoms with E-state index in [9.17, 15) is 9.59 Å². The fraction of sp³-hybridized carbons (Fsp3) is 0.385. The zero-order chi connectivity index (χ0) is 24.1. The number of carbonyl (C=O) groups excluding carboxylic acids is 2. The second-order valence-electron chi connectivity index (χ2n) is 9.17. The average molecular weight is 463 g/mol. The molecule has 1 aliphatic rings. The van der Waals surface area contributed by atoms with Crippen LogP contribution in [0.2, 0.25) is 0 Å². The molecule has 0 aliphatic carbocycles. The molecular weight excluding hydrogens is 428 g/mol. The lowest BCUT2D eigenvalue weighted by molar-refractivity contribution is -0.118. The van der Waals surface area contributed by atoms with Crippen LogP contribution in [0, 0.1) is 0 Å². The van der Waals surface area contributed by atoms with Gasteiger partial charge in [0.05, 0.1) is 0 Å². The number of urea groups is 1. The van der Waals surface area contributed by atoms with Crippen molar-refractivity contribution in [2.24, 2.45) is 0 Å². The smallest absolute Gasteiger partial charge is 0.318 e. The third-order valence-electron chi connectivity index (χ3n) is 6.27. The van der Waals surface area contributed by atoms with Crippen molar-refractivity contribution in [2.75, 3.05) is 45.6 Å². The minimum Gasteiger partial charge on any atom is -0.361 e. The lowest BCUT2D eigenvalue weighted by Gasteiger charge is -2.31. The molecule has 0 bridgehead atoms. The number of H-pyrrole nitrogens is 1. The largest absolute Gasteiger partial charge is 0.361 e. The van der Waals surface area contributed by atoms with E-state index >= 15 is 0 Å². The van der Waals surface area contributed by atoms with Crippen molar-refractivity contribution in [3.63, 3.8) is 0 Å². The SMILES string of the molecule is CC(c1c[nH]c2ccccc12)C(NC(=O)N1CCNCC1)C(=O)Nc1cccc(CN(C)C)c1. The zero-order valence-electron chi connectivity index (χ0n) is 20.1. The Hall–Kier alpha value is -3.36. The monoisotopic (exact) mass is 462 g/mol. The number of carbonyl (C=O) groups is 2. The Bertz CT molecular complexity index is 1140. The van der Waals surface area contributed by atoms with Gasteiger partial charge in [-0.25, -0.2) is 4.79 Å². The molecule has 1 aliphatic heterocycles. The molecule has 34 heavy (non-hydrogen) atoms. The first-order valence-corrected chi connectivity index (χ1v) is 11.8. The van der Waals surface area contributed by atoms with Crippen molar-refractivity contribution in [1.82, 2.24) is 25.4 Å². The number of fused-ring (bicyclic) bond motifs is 1. The van der Waals surface area contributed by atoms with Gasteiger partial charge in [-0.3, -0.25) is 4.79 Å². The molecule has 0 spiro atoms. The number of hydrogen-bond acceptors (Lipinski definition) is 4. The van der Waals surface area contributed by atoms with Gasteiger partial charge in [-0.2, -0.15) is 0 Å². The van der Waals surface area contributed by atoms with E-state index in [0.29, 0.717) is 13.1 Å². The molecule has 1 fully saturated rings. The number of amides is 3. The maximum atomic E-state index is 13.6. The van der Waals surface area contributed by atoms with E-state index in [1.807, 2.05) is 75.7 Å². The number of para-hydroxylation sites is 1. The molecule has 2 unspecified atom stereocenters. The van der Waals surface area contributed by atoms with Gasteiger partial charge in [0.1, 0.15) is 6.04 Å². The normalized spacial score (nSPS) is 15.8. The van der Waals surface area contributed by atoms with Gasteiger partial charge in [0.2, 0.25) is 5.91 Å². The molecule has 0 saturated carbocycles. The highest BCUT2D eigenvalue weighted by Gasteiger charge is 2.31. The fourth-order valence-corrected chi connectivity index (χ4v) is 4.49. The number of hydrogen-bond donors (Lipinski definition) is 4. The van der Waals surface area contributed by atoms with E-state index in [1.165, 1.54) is 0 Å². The highest BCUT2D eigenvalue weighted by Crippen LogP contribution is 2.28. The second-order valence-corrected chi connectivity index (χ2v) is 9.17. The Labute approximate surface area is 200 Å². The number of nitrogens with zero attached hydrogens (tertiary/aromatic N) is 2. The van der Waals surface area contributed by atoms with E-state index < -0.39 is 6.04 Å². The predicted molar refractivity (Wildman–Crippen MR) is 136 cm³/mol. The van der Waals surface area contributed by atoms with Crippen molar-refractivity contribution >= 4 is 28.5 Å². The Morgan fingerprint density at radius 1 is 1.09 bits per heavy atom. The quantitative estimate of drug-likeness (QED) is 0.434. The van der Waals surface area contributed by atoms with Crippen LogP contribution < -0.4 is 16.0 Å². The Balaban J connectivity index is 1.58. The number of nitrogens with one attached hydrogen (secondary N) is 4. The van der Waals surface area contributed by atoms with Gasteiger partial charge < -0.3 is 30.7 Å². The molecule has 180 valence electrons. The fourth-order valence-electron chi connectivity index (χ4n) is 4.49. The Morgan fingerprint density at radius 2 is 1.85 bits per heavy atom. The number of piperazine rings is 1. The van der Waals surface area contributed by atoms with E-state index in [0.717, 1.165) is 47.4 Å². The van der Waals surface area contributed by atoms with Crippen molar-refractivity contribution in [2.45, 2.75) is 25.4 Å². The number of anilines is 1. The predicted octanol–water partition coefficient (Wildman–Crippen LogP) is 2.96. The van der Waals surface area contributed by atoms with Crippen LogP contribution in [-0.2, 0) is 11.3 Å². The van der Waals surface area contributed by atoms with Gasteiger partial charge in [0.15, 0.2) is 0 Å². The first-order valence-electron chi connectivity index (χ1n) is 11.8. The highest BCUT2D eigenvalue weighted by atomic mass is 16.2. The maximum Gasteiger partial charge on any atom is 0.318 e. The summed E-state index contributed by atoms with van der Waals surface area (Å²) in [5.41, 5.74) is 3.83. The molecule has 8 nitrogen and oxygen atoms in total. The first-order chi connectivity index (χ1) is 16.4. The molecule has 4 rings (SSSR count). The summed E-state index contributed by atoms with van der Waals surface area (Å²) in [6, 6.07) is 14.9. The molecule has 3 aromatic rings. The van der Waals surface area contributed by atoms with Gasteiger partial charge >= 0.3 is 6.03 Å². The minimum absolute atomic E-state index is 0.213. The van der Waals surface area contributed by atoms with Crippen LogP contribution in [-0.4, -0.2) is 73.0 Å². The summed E-state index contributed by atoms with van der Waals surface area (Å²) in [7, 11) is 4.02.